The van der Waals surface area contributed by atoms with E-state index in [1.54, 1.807) is 6.20 Å². The van der Waals surface area contributed by atoms with E-state index >= 15 is 0 Å². The Morgan fingerprint density at radius 1 is 1.56 bits per heavy atom. The normalized spacial score (nSPS) is 24.1. The van der Waals surface area contributed by atoms with Crippen molar-refractivity contribution in [2.45, 2.75) is 26.3 Å². The molecule has 1 aromatic heterocycles. The van der Waals surface area contributed by atoms with Gasteiger partial charge >= 0.3 is 0 Å². The number of nitrogens with zero attached hydrogens (tertiary/aromatic N) is 1. The summed E-state index contributed by atoms with van der Waals surface area (Å²) in [5, 5.41) is 3.57. The first-order valence-corrected chi connectivity index (χ1v) is 7.46. The van der Waals surface area contributed by atoms with Crippen LogP contribution in [-0.4, -0.2) is 22.5 Å². The molecule has 0 spiro atoms. The molecule has 2 heterocycles. The maximum absolute atomic E-state index is 4.23. The van der Waals surface area contributed by atoms with Gasteiger partial charge in [0.2, 0.25) is 0 Å². The molecule has 0 aromatic carbocycles. The fourth-order valence-corrected chi connectivity index (χ4v) is 3.71. The molecule has 16 heavy (non-hydrogen) atoms. The van der Waals surface area contributed by atoms with E-state index < -0.39 is 0 Å². The lowest BCUT2D eigenvalue weighted by molar-refractivity contribution is 0.358. The second-order valence-corrected chi connectivity index (χ2v) is 6.85. The van der Waals surface area contributed by atoms with Gasteiger partial charge < -0.3 is 5.32 Å². The van der Waals surface area contributed by atoms with Gasteiger partial charge in [0.25, 0.3) is 0 Å². The highest BCUT2D eigenvalue weighted by Gasteiger charge is 2.28. The molecule has 0 radical (unpaired) electrons. The van der Waals surface area contributed by atoms with Crippen molar-refractivity contribution in [1.82, 2.24) is 4.98 Å². The van der Waals surface area contributed by atoms with Crippen molar-refractivity contribution in [3.8, 4) is 0 Å². The van der Waals surface area contributed by atoms with Crippen molar-refractivity contribution >= 4 is 33.4 Å². The van der Waals surface area contributed by atoms with Crippen LogP contribution in [0.4, 0.5) is 5.69 Å². The Hall–Kier alpha value is -0.220. The van der Waals surface area contributed by atoms with E-state index in [9.17, 15) is 0 Å². The molecule has 1 atom stereocenters. The third kappa shape index (κ3) is 3.14. The van der Waals surface area contributed by atoms with Crippen molar-refractivity contribution in [2.24, 2.45) is 5.41 Å². The molecule has 1 fully saturated rings. The molecule has 4 heteroatoms. The molecular weight excluding hydrogens is 284 g/mol. The molecule has 2 rings (SSSR count). The summed E-state index contributed by atoms with van der Waals surface area (Å²) in [5.74, 6) is 2.45. The second-order valence-electron chi connectivity index (χ2n) is 5.07. The Morgan fingerprint density at radius 3 is 3.06 bits per heavy atom. The van der Waals surface area contributed by atoms with E-state index in [1.807, 2.05) is 17.8 Å². The van der Waals surface area contributed by atoms with Gasteiger partial charge in [-0.05, 0) is 45.7 Å². The van der Waals surface area contributed by atoms with Gasteiger partial charge in [0.05, 0.1) is 5.69 Å². The first-order chi connectivity index (χ1) is 7.57. The summed E-state index contributed by atoms with van der Waals surface area (Å²) < 4.78 is 0.906. The summed E-state index contributed by atoms with van der Waals surface area (Å²) in [6.45, 7) is 4.68. The number of rotatable bonds is 2. The topological polar surface area (TPSA) is 24.9 Å². The van der Waals surface area contributed by atoms with Crippen LogP contribution in [0.3, 0.4) is 0 Å². The minimum absolute atomic E-state index is 0.440. The van der Waals surface area contributed by atoms with E-state index in [2.05, 4.69) is 46.1 Å². The van der Waals surface area contributed by atoms with Crippen molar-refractivity contribution in [3.05, 3.63) is 22.9 Å². The van der Waals surface area contributed by atoms with Gasteiger partial charge in [-0.3, -0.25) is 0 Å². The summed E-state index contributed by atoms with van der Waals surface area (Å²) in [4.78, 5) is 4.23. The number of thioether (sulfide) groups is 1. The minimum atomic E-state index is 0.440. The molecule has 0 aliphatic carbocycles. The summed E-state index contributed by atoms with van der Waals surface area (Å²) in [6, 6.07) is 4.59. The van der Waals surface area contributed by atoms with Crippen LogP contribution < -0.4 is 5.32 Å². The standard InChI is InChI=1S/C12H17BrN2S/c1-12(2)6-9(7-16-8-12)15-10-4-3-5-14-11(10)13/h3-5,9,15H,6-8H2,1-2H3. The van der Waals surface area contributed by atoms with E-state index in [1.165, 1.54) is 17.9 Å². The fraction of sp³-hybridized carbons (Fsp3) is 0.583. The Kier molecular flexibility index (Phi) is 3.80. The predicted molar refractivity (Wildman–Crippen MR) is 75.1 cm³/mol. The smallest absolute Gasteiger partial charge is 0.129 e. The minimum Gasteiger partial charge on any atom is -0.379 e. The first kappa shape index (κ1) is 12.2. The maximum Gasteiger partial charge on any atom is 0.129 e. The number of hydrogen-bond donors (Lipinski definition) is 1. The molecule has 1 aliphatic rings. The highest BCUT2D eigenvalue weighted by atomic mass is 79.9. The highest BCUT2D eigenvalue weighted by Crippen LogP contribution is 2.35. The monoisotopic (exact) mass is 300 g/mol. The molecule has 0 amide bonds. The van der Waals surface area contributed by atoms with E-state index in [0.717, 1.165) is 10.3 Å². The highest BCUT2D eigenvalue weighted by molar-refractivity contribution is 9.10. The molecular formula is C12H17BrN2S. The summed E-state index contributed by atoms with van der Waals surface area (Å²) >= 11 is 5.51. The average molecular weight is 301 g/mol. The zero-order valence-electron chi connectivity index (χ0n) is 9.66. The molecule has 1 unspecified atom stereocenters. The molecule has 1 saturated heterocycles. The van der Waals surface area contributed by atoms with E-state index in [4.69, 9.17) is 0 Å². The van der Waals surface area contributed by atoms with Crippen LogP contribution in [0.25, 0.3) is 0 Å². The Morgan fingerprint density at radius 2 is 2.38 bits per heavy atom. The van der Waals surface area contributed by atoms with Crippen molar-refractivity contribution in [1.29, 1.82) is 0 Å². The number of nitrogens with one attached hydrogen (secondary N) is 1. The van der Waals surface area contributed by atoms with Gasteiger partial charge in [0, 0.05) is 18.0 Å². The Balaban J connectivity index is 2.02. The van der Waals surface area contributed by atoms with Crippen LogP contribution in [0.1, 0.15) is 20.3 Å². The van der Waals surface area contributed by atoms with Crippen LogP contribution in [-0.2, 0) is 0 Å². The third-order valence-corrected chi connectivity index (χ3v) is 4.99. The van der Waals surface area contributed by atoms with Crippen LogP contribution in [0, 0.1) is 5.41 Å². The SMILES string of the molecule is CC1(C)CSCC(Nc2cccnc2Br)C1. The lowest BCUT2D eigenvalue weighted by Gasteiger charge is -2.35. The third-order valence-electron chi connectivity index (χ3n) is 2.73. The van der Waals surface area contributed by atoms with Crippen LogP contribution in [0.2, 0.25) is 0 Å². The Bertz CT molecular complexity index is 368. The average Bonchev–Trinajstić information content (AvgIpc) is 2.20. The predicted octanol–water partition coefficient (Wildman–Crippen LogP) is 3.79. The number of pyridine rings is 1. The van der Waals surface area contributed by atoms with Gasteiger partial charge in [-0.25, -0.2) is 4.98 Å². The lowest BCUT2D eigenvalue weighted by Crippen LogP contribution is -2.35. The van der Waals surface area contributed by atoms with Crippen LogP contribution in [0.15, 0.2) is 22.9 Å². The fourth-order valence-electron chi connectivity index (χ4n) is 2.07. The van der Waals surface area contributed by atoms with Crippen molar-refractivity contribution in [3.63, 3.8) is 0 Å². The van der Waals surface area contributed by atoms with Crippen molar-refractivity contribution in [2.75, 3.05) is 16.8 Å². The lowest BCUT2D eigenvalue weighted by atomic mass is 9.88. The molecule has 1 aliphatic heterocycles. The van der Waals surface area contributed by atoms with Gasteiger partial charge in [0.15, 0.2) is 0 Å². The molecule has 2 nitrogen and oxygen atoms in total. The number of hydrogen-bond acceptors (Lipinski definition) is 3. The maximum atomic E-state index is 4.23. The molecule has 88 valence electrons. The van der Waals surface area contributed by atoms with Gasteiger partial charge in [0.1, 0.15) is 4.60 Å². The van der Waals surface area contributed by atoms with Crippen molar-refractivity contribution < 1.29 is 0 Å². The molecule has 1 N–H and O–H groups in total. The number of halogens is 1. The van der Waals surface area contributed by atoms with E-state index in [-0.39, 0.29) is 0 Å². The van der Waals surface area contributed by atoms with Crippen LogP contribution in [0.5, 0.6) is 0 Å². The largest absolute Gasteiger partial charge is 0.379 e. The van der Waals surface area contributed by atoms with Gasteiger partial charge in [-0.1, -0.05) is 13.8 Å². The Labute approximate surface area is 110 Å². The zero-order valence-corrected chi connectivity index (χ0v) is 12.1. The second kappa shape index (κ2) is 4.96. The summed E-state index contributed by atoms with van der Waals surface area (Å²) in [5.41, 5.74) is 1.54. The van der Waals surface area contributed by atoms with Crippen LogP contribution >= 0.6 is 27.7 Å². The quantitative estimate of drug-likeness (QED) is 0.841. The molecule has 0 saturated carbocycles. The molecule has 1 aromatic rings. The van der Waals surface area contributed by atoms with E-state index in [0.29, 0.717) is 11.5 Å². The van der Waals surface area contributed by atoms with Gasteiger partial charge in [-0.15, -0.1) is 0 Å². The summed E-state index contributed by atoms with van der Waals surface area (Å²) in [6.07, 6.45) is 3.02. The molecule has 0 bridgehead atoms. The van der Waals surface area contributed by atoms with Gasteiger partial charge in [-0.2, -0.15) is 11.8 Å². The zero-order chi connectivity index (χ0) is 11.6. The first-order valence-electron chi connectivity index (χ1n) is 5.52. The number of aromatic nitrogens is 1. The summed E-state index contributed by atoms with van der Waals surface area (Å²) in [7, 11) is 0. The number of anilines is 1.